The third kappa shape index (κ3) is 5.68. The van der Waals surface area contributed by atoms with Gasteiger partial charge in [-0.05, 0) is 55.5 Å². The van der Waals surface area contributed by atoms with Crippen LogP contribution in [0.3, 0.4) is 0 Å². The molecule has 3 aromatic carbocycles. The smallest absolute Gasteiger partial charge is 0.322 e. The summed E-state index contributed by atoms with van der Waals surface area (Å²) in [5.74, 6) is -2.59. The van der Waals surface area contributed by atoms with Crippen LogP contribution in [-0.2, 0) is 6.54 Å². The van der Waals surface area contributed by atoms with Crippen LogP contribution in [0.15, 0.2) is 59.0 Å². The van der Waals surface area contributed by atoms with Crippen LogP contribution in [0.4, 0.5) is 23.7 Å². The first kappa shape index (κ1) is 26.2. The van der Waals surface area contributed by atoms with Crippen molar-refractivity contribution in [1.82, 2.24) is 4.90 Å². The molecule has 5 rings (SSSR count). The van der Waals surface area contributed by atoms with Gasteiger partial charge in [0, 0.05) is 34.6 Å². The Hall–Kier alpha value is -3.45. The summed E-state index contributed by atoms with van der Waals surface area (Å²) < 4.78 is 48.5. The Bertz CT molecular complexity index is 1440. The molecule has 198 valence electrons. The number of amides is 2. The second kappa shape index (κ2) is 11.1. The van der Waals surface area contributed by atoms with Crippen molar-refractivity contribution < 1.29 is 22.4 Å². The van der Waals surface area contributed by atoms with E-state index in [1.165, 1.54) is 4.90 Å². The first-order chi connectivity index (χ1) is 18.3. The molecule has 0 aliphatic heterocycles. The number of nitrogens with one attached hydrogen (secondary N) is 1. The summed E-state index contributed by atoms with van der Waals surface area (Å²) in [4.78, 5) is 15.0. The van der Waals surface area contributed by atoms with Crippen molar-refractivity contribution in [2.24, 2.45) is 5.92 Å². The number of nitrogens with zero attached hydrogens (tertiary/aromatic N) is 1. The minimum Gasteiger partial charge on any atom is -0.459 e. The van der Waals surface area contributed by atoms with Crippen LogP contribution < -0.4 is 5.32 Å². The highest BCUT2D eigenvalue weighted by molar-refractivity contribution is 6.30. The molecule has 0 saturated heterocycles. The molecule has 4 aromatic rings. The number of carbonyl (C=O) groups excluding carboxylic acids is 1. The minimum absolute atomic E-state index is 0.0818. The molecular formula is C30H28ClF3N2O2. The first-order valence-corrected chi connectivity index (χ1v) is 13.1. The fraction of sp³-hybridized carbons (Fsp3) is 0.300. The van der Waals surface area contributed by atoms with E-state index in [1.54, 1.807) is 12.1 Å². The van der Waals surface area contributed by atoms with E-state index in [9.17, 15) is 18.0 Å². The Kier molecular flexibility index (Phi) is 7.65. The van der Waals surface area contributed by atoms with E-state index in [0.717, 1.165) is 54.2 Å². The first-order valence-electron chi connectivity index (χ1n) is 12.8. The molecule has 1 aliphatic rings. The molecule has 1 N–H and O–H groups in total. The predicted octanol–water partition coefficient (Wildman–Crippen LogP) is 9.09. The van der Waals surface area contributed by atoms with Gasteiger partial charge in [-0.3, -0.25) is 0 Å². The van der Waals surface area contributed by atoms with Gasteiger partial charge in [-0.25, -0.2) is 18.0 Å². The van der Waals surface area contributed by atoms with E-state index in [4.69, 9.17) is 16.0 Å². The molecule has 1 saturated carbocycles. The Balaban J connectivity index is 1.53. The molecule has 1 fully saturated rings. The maximum Gasteiger partial charge on any atom is 0.322 e. The van der Waals surface area contributed by atoms with Crippen molar-refractivity contribution in [2.75, 3.05) is 11.9 Å². The Morgan fingerprint density at radius 3 is 2.37 bits per heavy atom. The van der Waals surface area contributed by atoms with Crippen LogP contribution >= 0.6 is 11.6 Å². The number of benzene rings is 3. The maximum absolute atomic E-state index is 14.4. The van der Waals surface area contributed by atoms with Gasteiger partial charge in [0.2, 0.25) is 0 Å². The summed E-state index contributed by atoms with van der Waals surface area (Å²) in [5.41, 5.74) is 2.76. The number of anilines is 1. The quantitative estimate of drug-likeness (QED) is 0.265. The average Bonchev–Trinajstić information content (AvgIpc) is 3.23. The number of halogens is 4. The molecule has 2 amide bonds. The maximum atomic E-state index is 14.4. The van der Waals surface area contributed by atoms with Gasteiger partial charge in [0.05, 0.1) is 6.54 Å². The molecule has 38 heavy (non-hydrogen) atoms. The summed E-state index contributed by atoms with van der Waals surface area (Å²) in [6.07, 6.45) is 5.22. The Labute approximate surface area is 224 Å². The van der Waals surface area contributed by atoms with Gasteiger partial charge < -0.3 is 14.6 Å². The molecule has 1 aliphatic carbocycles. The number of fused-ring (bicyclic) bond motifs is 1. The number of hydrogen-bond acceptors (Lipinski definition) is 2. The van der Waals surface area contributed by atoms with Crippen LogP contribution in [0, 0.1) is 30.3 Å². The lowest BCUT2D eigenvalue weighted by molar-refractivity contribution is 0.182. The number of hydrogen-bond donors (Lipinski definition) is 1. The fourth-order valence-corrected chi connectivity index (χ4v) is 5.35. The summed E-state index contributed by atoms with van der Waals surface area (Å²) in [7, 11) is 0. The average molecular weight is 541 g/mol. The van der Waals surface area contributed by atoms with Crippen LogP contribution in [0.25, 0.3) is 22.1 Å². The van der Waals surface area contributed by atoms with Crippen molar-refractivity contribution in [3.8, 4) is 11.1 Å². The summed E-state index contributed by atoms with van der Waals surface area (Å²) in [6.45, 7) is 2.47. The molecule has 0 spiro atoms. The standard InChI is InChI=1S/C30H28ClF3N2O2/c1-18-7-12-26-23(13-18)28(20-8-10-21(31)11-9-20)27(38-26)17-36(16-19-5-3-2-4-6-19)30(37)35-29-24(33)14-22(32)15-25(29)34/h7-15,19H,2-6,16-17H2,1H3,(H,35,37). The Morgan fingerprint density at radius 1 is 1.00 bits per heavy atom. The van der Waals surface area contributed by atoms with Crippen molar-refractivity contribution in [2.45, 2.75) is 45.6 Å². The van der Waals surface area contributed by atoms with Crippen LogP contribution in [-0.4, -0.2) is 17.5 Å². The molecule has 0 unspecified atom stereocenters. The summed E-state index contributed by atoms with van der Waals surface area (Å²) in [6, 6.07) is 13.7. The van der Waals surface area contributed by atoms with Crippen molar-refractivity contribution in [3.63, 3.8) is 0 Å². The molecule has 0 radical (unpaired) electrons. The van der Waals surface area contributed by atoms with Gasteiger partial charge in [-0.2, -0.15) is 0 Å². The second-order valence-electron chi connectivity index (χ2n) is 9.97. The number of urea groups is 1. The number of rotatable bonds is 6. The highest BCUT2D eigenvalue weighted by Gasteiger charge is 2.26. The lowest BCUT2D eigenvalue weighted by Crippen LogP contribution is -2.39. The fourth-order valence-electron chi connectivity index (χ4n) is 5.23. The van der Waals surface area contributed by atoms with Crippen LogP contribution in [0.5, 0.6) is 0 Å². The zero-order chi connectivity index (χ0) is 26.8. The lowest BCUT2D eigenvalue weighted by Gasteiger charge is -2.30. The van der Waals surface area contributed by atoms with Crippen molar-refractivity contribution >= 4 is 34.3 Å². The monoisotopic (exact) mass is 540 g/mol. The minimum atomic E-state index is -1.17. The third-order valence-corrected chi connectivity index (χ3v) is 7.37. The van der Waals surface area contributed by atoms with Crippen molar-refractivity contribution in [1.29, 1.82) is 0 Å². The highest BCUT2D eigenvalue weighted by atomic mass is 35.5. The third-order valence-electron chi connectivity index (χ3n) is 7.11. The van der Waals surface area contributed by atoms with E-state index in [-0.39, 0.29) is 12.5 Å². The SMILES string of the molecule is Cc1ccc2oc(CN(CC3CCCCC3)C(=O)Nc3c(F)cc(F)cc3F)c(-c3ccc(Cl)cc3)c2c1. The van der Waals surface area contributed by atoms with E-state index in [0.29, 0.717) is 35.0 Å². The van der Waals surface area contributed by atoms with Gasteiger partial charge in [0.15, 0.2) is 11.6 Å². The molecular weight excluding hydrogens is 513 g/mol. The molecule has 4 nitrogen and oxygen atoms in total. The van der Waals surface area contributed by atoms with E-state index in [1.807, 2.05) is 37.3 Å². The largest absolute Gasteiger partial charge is 0.459 e. The second-order valence-corrected chi connectivity index (χ2v) is 10.4. The zero-order valence-electron chi connectivity index (χ0n) is 21.0. The van der Waals surface area contributed by atoms with Gasteiger partial charge in [-0.15, -0.1) is 0 Å². The Morgan fingerprint density at radius 2 is 1.68 bits per heavy atom. The van der Waals surface area contributed by atoms with E-state index >= 15 is 0 Å². The van der Waals surface area contributed by atoms with Crippen molar-refractivity contribution in [3.05, 3.63) is 88.4 Å². The zero-order valence-corrected chi connectivity index (χ0v) is 21.8. The topological polar surface area (TPSA) is 45.5 Å². The number of furan rings is 1. The highest BCUT2D eigenvalue weighted by Crippen LogP contribution is 2.37. The normalized spacial score (nSPS) is 14.1. The van der Waals surface area contributed by atoms with Gasteiger partial charge in [-0.1, -0.05) is 54.6 Å². The molecule has 1 aromatic heterocycles. The molecule has 0 atom stereocenters. The lowest BCUT2D eigenvalue weighted by atomic mass is 9.89. The number of aryl methyl sites for hydroxylation is 1. The summed E-state index contributed by atoms with van der Waals surface area (Å²) in [5, 5.41) is 3.83. The van der Waals surface area contributed by atoms with E-state index in [2.05, 4.69) is 5.32 Å². The predicted molar refractivity (Wildman–Crippen MR) is 144 cm³/mol. The van der Waals surface area contributed by atoms with Gasteiger partial charge in [0.25, 0.3) is 0 Å². The number of carbonyl (C=O) groups is 1. The van der Waals surface area contributed by atoms with Gasteiger partial charge in [0.1, 0.15) is 22.8 Å². The van der Waals surface area contributed by atoms with E-state index < -0.39 is 29.2 Å². The van der Waals surface area contributed by atoms with Gasteiger partial charge >= 0.3 is 6.03 Å². The van der Waals surface area contributed by atoms with Crippen LogP contribution in [0.1, 0.15) is 43.4 Å². The molecule has 0 bridgehead atoms. The van der Waals surface area contributed by atoms with Crippen LogP contribution in [0.2, 0.25) is 5.02 Å². The molecule has 8 heteroatoms. The molecule has 1 heterocycles. The summed E-state index contributed by atoms with van der Waals surface area (Å²) >= 11 is 6.13.